The fourth-order valence-corrected chi connectivity index (χ4v) is 4.68. The zero-order chi connectivity index (χ0) is 24.0. The van der Waals surface area contributed by atoms with Crippen LogP contribution in [-0.2, 0) is 25.6 Å². The number of benzene rings is 1. The van der Waals surface area contributed by atoms with Crippen LogP contribution in [0.3, 0.4) is 0 Å². The number of nitrogens with zero attached hydrogens (tertiary/aromatic N) is 5. The SMILES string of the molecule is CCn1c(-c2ccc(C(F)(F)F)cc2)nc2c(N[C@H]3CCc4[nH]nc(C(C)C)c4C3)ncnc21. The molecule has 0 radical (unpaired) electrons. The Labute approximate surface area is 194 Å². The highest BCUT2D eigenvalue weighted by molar-refractivity contribution is 5.86. The summed E-state index contributed by atoms with van der Waals surface area (Å²) < 4.78 is 40.9. The highest BCUT2D eigenvalue weighted by Gasteiger charge is 2.30. The molecule has 0 aliphatic heterocycles. The van der Waals surface area contributed by atoms with Crippen LogP contribution in [0.15, 0.2) is 30.6 Å². The van der Waals surface area contributed by atoms with Crippen molar-refractivity contribution in [1.82, 2.24) is 29.7 Å². The first-order chi connectivity index (χ1) is 16.3. The zero-order valence-electron chi connectivity index (χ0n) is 19.2. The Kier molecular flexibility index (Phi) is 5.53. The fourth-order valence-electron chi connectivity index (χ4n) is 4.68. The van der Waals surface area contributed by atoms with Gasteiger partial charge in [0.15, 0.2) is 17.0 Å². The molecule has 3 aromatic heterocycles. The van der Waals surface area contributed by atoms with Gasteiger partial charge < -0.3 is 9.88 Å². The van der Waals surface area contributed by atoms with Crippen molar-refractivity contribution >= 4 is 17.0 Å². The molecule has 178 valence electrons. The van der Waals surface area contributed by atoms with Gasteiger partial charge in [0, 0.05) is 23.8 Å². The smallest absolute Gasteiger partial charge is 0.365 e. The van der Waals surface area contributed by atoms with E-state index >= 15 is 0 Å². The van der Waals surface area contributed by atoms with Gasteiger partial charge in [-0.1, -0.05) is 26.0 Å². The van der Waals surface area contributed by atoms with Crippen LogP contribution in [0, 0.1) is 0 Å². The van der Waals surface area contributed by atoms with Gasteiger partial charge in [-0.3, -0.25) is 5.10 Å². The number of nitrogens with one attached hydrogen (secondary N) is 2. The third kappa shape index (κ3) is 3.91. The summed E-state index contributed by atoms with van der Waals surface area (Å²) in [6, 6.07) is 5.23. The van der Waals surface area contributed by atoms with Crippen LogP contribution in [-0.4, -0.2) is 35.8 Å². The van der Waals surface area contributed by atoms with Crippen molar-refractivity contribution < 1.29 is 13.2 Å². The van der Waals surface area contributed by atoms with E-state index in [1.165, 1.54) is 29.7 Å². The maximum absolute atomic E-state index is 13.0. The highest BCUT2D eigenvalue weighted by Crippen LogP contribution is 2.33. The third-order valence-electron chi connectivity index (χ3n) is 6.38. The van der Waals surface area contributed by atoms with Gasteiger partial charge in [-0.25, -0.2) is 15.0 Å². The molecule has 2 N–H and O–H groups in total. The summed E-state index contributed by atoms with van der Waals surface area (Å²) in [5.74, 6) is 1.54. The van der Waals surface area contributed by atoms with Crippen molar-refractivity contribution in [2.24, 2.45) is 0 Å². The van der Waals surface area contributed by atoms with Crippen molar-refractivity contribution in [3.63, 3.8) is 0 Å². The average Bonchev–Trinajstić information content (AvgIpc) is 3.40. The van der Waals surface area contributed by atoms with E-state index in [-0.39, 0.29) is 6.04 Å². The Morgan fingerprint density at radius 2 is 1.94 bits per heavy atom. The number of fused-ring (bicyclic) bond motifs is 2. The molecule has 4 aromatic rings. The largest absolute Gasteiger partial charge is 0.416 e. The van der Waals surface area contributed by atoms with E-state index in [1.807, 2.05) is 11.5 Å². The van der Waals surface area contributed by atoms with Crippen molar-refractivity contribution in [3.05, 3.63) is 53.1 Å². The number of halogens is 3. The molecule has 3 heterocycles. The topological polar surface area (TPSA) is 84.3 Å². The van der Waals surface area contributed by atoms with E-state index in [0.717, 1.165) is 37.1 Å². The summed E-state index contributed by atoms with van der Waals surface area (Å²) in [6.45, 7) is 6.81. The average molecular weight is 470 g/mol. The number of rotatable bonds is 5. The van der Waals surface area contributed by atoms with Crippen molar-refractivity contribution in [3.8, 4) is 11.4 Å². The number of H-pyrrole nitrogens is 1. The second kappa shape index (κ2) is 8.41. The lowest BCUT2D eigenvalue weighted by atomic mass is 9.89. The first kappa shape index (κ1) is 22.4. The van der Waals surface area contributed by atoms with E-state index in [0.29, 0.717) is 40.8 Å². The van der Waals surface area contributed by atoms with Crippen LogP contribution in [0.25, 0.3) is 22.6 Å². The van der Waals surface area contributed by atoms with Crippen LogP contribution in [0.4, 0.5) is 19.0 Å². The number of alkyl halides is 3. The molecule has 1 aromatic carbocycles. The Balaban J connectivity index is 1.48. The molecule has 1 aliphatic rings. The Hall–Kier alpha value is -3.43. The lowest BCUT2D eigenvalue weighted by Gasteiger charge is -2.24. The Morgan fingerprint density at radius 1 is 1.18 bits per heavy atom. The van der Waals surface area contributed by atoms with E-state index < -0.39 is 11.7 Å². The van der Waals surface area contributed by atoms with E-state index in [2.05, 4.69) is 39.3 Å². The molecule has 10 heteroatoms. The van der Waals surface area contributed by atoms with Gasteiger partial charge in [0.25, 0.3) is 0 Å². The fraction of sp³-hybridized carbons (Fsp3) is 0.417. The lowest BCUT2D eigenvalue weighted by Crippen LogP contribution is -2.28. The summed E-state index contributed by atoms with van der Waals surface area (Å²) in [5.41, 5.74) is 4.76. The number of anilines is 1. The minimum absolute atomic E-state index is 0.169. The lowest BCUT2D eigenvalue weighted by molar-refractivity contribution is -0.137. The second-order valence-corrected chi connectivity index (χ2v) is 8.95. The molecule has 0 saturated carbocycles. The van der Waals surface area contributed by atoms with Crippen molar-refractivity contribution in [2.45, 2.75) is 64.7 Å². The van der Waals surface area contributed by atoms with Crippen LogP contribution >= 0.6 is 0 Å². The number of aromatic amines is 1. The monoisotopic (exact) mass is 469 g/mol. The minimum atomic E-state index is -4.38. The summed E-state index contributed by atoms with van der Waals surface area (Å²) in [6.07, 6.45) is -0.207. The van der Waals surface area contributed by atoms with Gasteiger partial charge in [-0.05, 0) is 49.8 Å². The summed E-state index contributed by atoms with van der Waals surface area (Å²) >= 11 is 0. The molecular formula is C24H26F3N7. The molecule has 34 heavy (non-hydrogen) atoms. The van der Waals surface area contributed by atoms with Gasteiger partial charge >= 0.3 is 6.18 Å². The molecule has 1 atom stereocenters. The molecule has 0 spiro atoms. The number of aryl methyl sites for hydroxylation is 2. The molecule has 0 fully saturated rings. The Bertz CT molecular complexity index is 1320. The van der Waals surface area contributed by atoms with Crippen LogP contribution < -0.4 is 5.32 Å². The van der Waals surface area contributed by atoms with Crippen molar-refractivity contribution in [1.29, 1.82) is 0 Å². The number of hydrogen-bond donors (Lipinski definition) is 2. The molecule has 0 bridgehead atoms. The predicted molar refractivity (Wildman–Crippen MR) is 124 cm³/mol. The standard InChI is InChI=1S/C24H26F3N7/c1-4-34-22(14-5-7-15(8-6-14)24(25,26)27)31-20-21(28-12-29-23(20)34)30-16-9-10-18-17(11-16)19(13(2)3)33-32-18/h5-8,12-13,16H,4,9-11H2,1-3H3,(H,32,33)(H,28,29,30)/t16-/m0/s1. The Morgan fingerprint density at radius 3 is 2.62 bits per heavy atom. The van der Waals surface area contributed by atoms with E-state index in [9.17, 15) is 13.2 Å². The molecule has 1 aliphatic carbocycles. The number of aromatic nitrogens is 6. The van der Waals surface area contributed by atoms with E-state index in [1.54, 1.807) is 0 Å². The molecule has 7 nitrogen and oxygen atoms in total. The zero-order valence-corrected chi connectivity index (χ0v) is 19.2. The minimum Gasteiger partial charge on any atom is -0.365 e. The molecular weight excluding hydrogens is 443 g/mol. The maximum atomic E-state index is 13.0. The third-order valence-corrected chi connectivity index (χ3v) is 6.38. The number of imidazole rings is 1. The van der Waals surface area contributed by atoms with E-state index in [4.69, 9.17) is 4.98 Å². The van der Waals surface area contributed by atoms with Gasteiger partial charge in [-0.2, -0.15) is 18.3 Å². The van der Waals surface area contributed by atoms with Gasteiger partial charge in [0.2, 0.25) is 0 Å². The maximum Gasteiger partial charge on any atom is 0.416 e. The van der Waals surface area contributed by atoms with Gasteiger partial charge in [0.1, 0.15) is 12.2 Å². The van der Waals surface area contributed by atoms with Gasteiger partial charge in [0.05, 0.1) is 11.3 Å². The van der Waals surface area contributed by atoms with Gasteiger partial charge in [-0.15, -0.1) is 0 Å². The second-order valence-electron chi connectivity index (χ2n) is 8.95. The predicted octanol–water partition coefficient (Wildman–Crippen LogP) is 5.35. The van der Waals surface area contributed by atoms with Crippen LogP contribution in [0.5, 0.6) is 0 Å². The molecule has 0 saturated heterocycles. The normalized spacial score (nSPS) is 16.3. The first-order valence-corrected chi connectivity index (χ1v) is 11.5. The molecule has 0 amide bonds. The van der Waals surface area contributed by atoms with Crippen LogP contribution in [0.1, 0.15) is 55.6 Å². The summed E-state index contributed by atoms with van der Waals surface area (Å²) in [4.78, 5) is 13.7. The number of hydrogen-bond acceptors (Lipinski definition) is 5. The summed E-state index contributed by atoms with van der Waals surface area (Å²) in [5, 5.41) is 11.2. The van der Waals surface area contributed by atoms with Crippen molar-refractivity contribution in [2.75, 3.05) is 5.32 Å². The highest BCUT2D eigenvalue weighted by atomic mass is 19.4. The quantitative estimate of drug-likeness (QED) is 0.412. The first-order valence-electron chi connectivity index (χ1n) is 11.5. The summed E-state index contributed by atoms with van der Waals surface area (Å²) in [7, 11) is 0. The molecule has 0 unspecified atom stereocenters. The molecule has 5 rings (SSSR count). The van der Waals surface area contributed by atoms with Crippen LogP contribution in [0.2, 0.25) is 0 Å².